The molecule has 0 saturated heterocycles. The predicted octanol–water partition coefficient (Wildman–Crippen LogP) is 3.44. The van der Waals surface area contributed by atoms with Crippen molar-refractivity contribution >= 4 is 28.6 Å². The van der Waals surface area contributed by atoms with Gasteiger partial charge in [0.15, 0.2) is 5.90 Å². The fourth-order valence-corrected chi connectivity index (χ4v) is 4.67. The molecule has 0 spiro atoms. The molecule has 10 nitrogen and oxygen atoms in total. The van der Waals surface area contributed by atoms with Gasteiger partial charge in [0.1, 0.15) is 23.3 Å². The first kappa shape index (κ1) is 22.5. The van der Waals surface area contributed by atoms with Crippen molar-refractivity contribution in [1.82, 2.24) is 19.5 Å². The number of anilines is 2. The number of ether oxygens (including phenoxy) is 1. The first-order chi connectivity index (χ1) is 16.9. The number of nitrogens with zero attached hydrogens (tertiary/aromatic N) is 6. The number of benzene rings is 1. The number of nitrogens with one attached hydrogen (secondary N) is 1. The van der Waals surface area contributed by atoms with Gasteiger partial charge in [-0.3, -0.25) is 9.36 Å². The predicted molar refractivity (Wildman–Crippen MR) is 133 cm³/mol. The van der Waals surface area contributed by atoms with E-state index in [-0.39, 0.29) is 34.9 Å². The van der Waals surface area contributed by atoms with Crippen LogP contribution in [0.3, 0.4) is 0 Å². The molecule has 2 aromatic heterocycles. The summed E-state index contributed by atoms with van der Waals surface area (Å²) in [5.41, 5.74) is 7.47. The Labute approximate surface area is 202 Å². The summed E-state index contributed by atoms with van der Waals surface area (Å²) in [4.78, 5) is 31.3. The molecule has 2 aliphatic rings. The molecule has 3 heterocycles. The SMILES string of the molecule is COC1=NC=CC(c2cccc3nc(C(C)Nc4nc(N)ncc4C#N)n(C4CC4)c(=O)c23)C1C. The van der Waals surface area contributed by atoms with E-state index in [0.29, 0.717) is 28.4 Å². The van der Waals surface area contributed by atoms with E-state index in [1.54, 1.807) is 17.9 Å². The number of rotatable bonds is 5. The average Bonchev–Trinajstić information content (AvgIpc) is 3.69. The summed E-state index contributed by atoms with van der Waals surface area (Å²) in [7, 11) is 1.61. The van der Waals surface area contributed by atoms with E-state index in [1.807, 2.05) is 38.1 Å². The number of aliphatic imine (C=N–C) groups is 1. The third-order valence-corrected chi connectivity index (χ3v) is 6.56. The maximum atomic E-state index is 14.0. The lowest BCUT2D eigenvalue weighted by molar-refractivity contribution is 0.361. The number of nitriles is 1. The Morgan fingerprint density at radius 1 is 1.31 bits per heavy atom. The van der Waals surface area contributed by atoms with Gasteiger partial charge in [-0.05, 0) is 31.4 Å². The van der Waals surface area contributed by atoms with Gasteiger partial charge < -0.3 is 15.8 Å². The smallest absolute Gasteiger partial charge is 0.262 e. The zero-order valence-electron chi connectivity index (χ0n) is 19.8. The lowest BCUT2D eigenvalue weighted by Crippen LogP contribution is -2.30. The van der Waals surface area contributed by atoms with Gasteiger partial charge in [-0.25, -0.2) is 15.0 Å². The van der Waals surface area contributed by atoms with Crippen LogP contribution in [0.4, 0.5) is 11.8 Å². The molecule has 5 rings (SSSR count). The van der Waals surface area contributed by atoms with Crippen molar-refractivity contribution in [3.8, 4) is 6.07 Å². The van der Waals surface area contributed by atoms with Crippen molar-refractivity contribution in [2.45, 2.75) is 44.7 Å². The van der Waals surface area contributed by atoms with Crippen LogP contribution >= 0.6 is 0 Å². The molecule has 3 aromatic rings. The molecular weight excluding hydrogens is 444 g/mol. The van der Waals surface area contributed by atoms with Crippen LogP contribution in [0, 0.1) is 17.2 Å². The molecule has 3 atom stereocenters. The van der Waals surface area contributed by atoms with Crippen LogP contribution in [0.5, 0.6) is 0 Å². The molecule has 1 aromatic carbocycles. The zero-order chi connectivity index (χ0) is 24.7. The fourth-order valence-electron chi connectivity index (χ4n) is 4.67. The van der Waals surface area contributed by atoms with Crippen LogP contribution in [0.2, 0.25) is 0 Å². The molecular formula is C25H26N8O2. The molecule has 3 N–H and O–H groups in total. The standard InChI is InChI=1S/C25H26N8O2/c1-13-17(9-10-28-23(13)35-3)18-5-4-6-19-20(18)24(34)33(16-7-8-16)22(31-19)14(2)30-21-15(11-26)12-29-25(27)32-21/h4-6,9-10,12-14,16-17H,7-8H2,1-3H3,(H3,27,29,30,32). The number of hydrogen-bond donors (Lipinski definition) is 2. The lowest BCUT2D eigenvalue weighted by Gasteiger charge is -2.26. The number of nitrogen functional groups attached to an aromatic ring is 1. The van der Waals surface area contributed by atoms with E-state index in [2.05, 4.69) is 26.3 Å². The second-order valence-corrected chi connectivity index (χ2v) is 8.91. The molecule has 0 amide bonds. The van der Waals surface area contributed by atoms with E-state index in [4.69, 9.17) is 15.5 Å². The minimum absolute atomic E-state index is 0.0164. The highest BCUT2D eigenvalue weighted by Gasteiger charge is 2.33. The summed E-state index contributed by atoms with van der Waals surface area (Å²) < 4.78 is 7.25. The highest BCUT2D eigenvalue weighted by atomic mass is 16.5. The van der Waals surface area contributed by atoms with Crippen molar-refractivity contribution in [3.63, 3.8) is 0 Å². The van der Waals surface area contributed by atoms with Gasteiger partial charge in [-0.1, -0.05) is 25.1 Å². The van der Waals surface area contributed by atoms with Crippen LogP contribution < -0.4 is 16.6 Å². The number of allylic oxidation sites excluding steroid dienone is 1. The van der Waals surface area contributed by atoms with Crippen LogP contribution in [-0.2, 0) is 4.74 Å². The molecule has 178 valence electrons. The first-order valence-electron chi connectivity index (χ1n) is 11.6. The van der Waals surface area contributed by atoms with E-state index in [9.17, 15) is 10.1 Å². The van der Waals surface area contributed by atoms with Crippen molar-refractivity contribution in [1.29, 1.82) is 5.26 Å². The van der Waals surface area contributed by atoms with E-state index in [0.717, 1.165) is 18.4 Å². The summed E-state index contributed by atoms with van der Waals surface area (Å²) in [6.07, 6.45) is 6.94. The van der Waals surface area contributed by atoms with Crippen molar-refractivity contribution in [2.75, 3.05) is 18.2 Å². The second kappa shape index (κ2) is 8.83. The van der Waals surface area contributed by atoms with Crippen molar-refractivity contribution in [3.05, 3.63) is 64.0 Å². The Bertz CT molecular complexity index is 1460. The van der Waals surface area contributed by atoms with Gasteiger partial charge in [0.25, 0.3) is 5.56 Å². The maximum absolute atomic E-state index is 14.0. The van der Waals surface area contributed by atoms with E-state index >= 15 is 0 Å². The van der Waals surface area contributed by atoms with Gasteiger partial charge in [-0.15, -0.1) is 0 Å². The van der Waals surface area contributed by atoms with Gasteiger partial charge in [0.05, 0.1) is 30.3 Å². The molecule has 1 fully saturated rings. The number of nitrogens with two attached hydrogens (primary N) is 1. The second-order valence-electron chi connectivity index (χ2n) is 8.91. The number of aromatic nitrogens is 4. The average molecular weight is 471 g/mol. The maximum Gasteiger partial charge on any atom is 0.262 e. The van der Waals surface area contributed by atoms with Gasteiger partial charge in [-0.2, -0.15) is 10.2 Å². The molecule has 1 aliphatic heterocycles. The van der Waals surface area contributed by atoms with E-state index < -0.39 is 6.04 Å². The van der Waals surface area contributed by atoms with Crippen molar-refractivity contribution < 1.29 is 4.74 Å². The summed E-state index contributed by atoms with van der Waals surface area (Å²) >= 11 is 0. The lowest BCUT2D eigenvalue weighted by atomic mass is 9.84. The molecule has 35 heavy (non-hydrogen) atoms. The zero-order valence-corrected chi connectivity index (χ0v) is 19.8. The normalized spacial score (nSPS) is 20.2. The monoisotopic (exact) mass is 470 g/mol. The Balaban J connectivity index is 1.63. The largest absolute Gasteiger partial charge is 0.484 e. The minimum atomic E-state index is -0.404. The molecule has 3 unspecified atom stereocenters. The summed E-state index contributed by atoms with van der Waals surface area (Å²) in [5, 5.41) is 13.3. The molecule has 0 radical (unpaired) electrons. The quantitative estimate of drug-likeness (QED) is 0.577. The van der Waals surface area contributed by atoms with Crippen LogP contribution in [-0.4, -0.2) is 32.5 Å². The molecule has 10 heteroatoms. The first-order valence-corrected chi connectivity index (χ1v) is 11.6. The van der Waals surface area contributed by atoms with Crippen LogP contribution in [0.1, 0.15) is 61.6 Å². The molecule has 0 bridgehead atoms. The van der Waals surface area contributed by atoms with Crippen LogP contribution in [0.25, 0.3) is 10.9 Å². The van der Waals surface area contributed by atoms with E-state index in [1.165, 1.54) is 6.20 Å². The Kier molecular flexibility index (Phi) is 5.68. The van der Waals surface area contributed by atoms with Gasteiger partial charge >= 0.3 is 0 Å². The van der Waals surface area contributed by atoms with Crippen molar-refractivity contribution in [2.24, 2.45) is 10.9 Å². The fraction of sp³-hybridized carbons (Fsp3) is 0.360. The highest BCUT2D eigenvalue weighted by Crippen LogP contribution is 2.38. The Hall–Kier alpha value is -4.26. The minimum Gasteiger partial charge on any atom is -0.484 e. The Morgan fingerprint density at radius 3 is 2.83 bits per heavy atom. The number of methoxy groups -OCH3 is 1. The number of hydrogen-bond acceptors (Lipinski definition) is 9. The summed E-state index contributed by atoms with van der Waals surface area (Å²) in [5.74, 6) is 1.52. The summed E-state index contributed by atoms with van der Waals surface area (Å²) in [6, 6.07) is 7.52. The van der Waals surface area contributed by atoms with Gasteiger partial charge in [0, 0.05) is 24.1 Å². The highest BCUT2D eigenvalue weighted by molar-refractivity contribution is 5.86. The number of fused-ring (bicyclic) bond motifs is 1. The third kappa shape index (κ3) is 3.99. The molecule has 1 saturated carbocycles. The van der Waals surface area contributed by atoms with Crippen LogP contribution in [0.15, 0.2) is 46.5 Å². The summed E-state index contributed by atoms with van der Waals surface area (Å²) in [6.45, 7) is 3.94. The topological polar surface area (TPSA) is 144 Å². The Morgan fingerprint density at radius 2 is 2.11 bits per heavy atom. The molecule has 1 aliphatic carbocycles. The third-order valence-electron chi connectivity index (χ3n) is 6.56. The van der Waals surface area contributed by atoms with Gasteiger partial charge in [0.2, 0.25) is 5.95 Å².